The highest BCUT2D eigenvalue weighted by Crippen LogP contribution is 2.16. The number of hydrogen-bond donors (Lipinski definition) is 2. The Hall–Kier alpha value is -2.58. The molecule has 0 radical (unpaired) electrons. The smallest absolute Gasteiger partial charge is 0.212 e. The fourth-order valence-corrected chi connectivity index (χ4v) is 3.23. The van der Waals surface area contributed by atoms with E-state index in [1.165, 1.54) is 29.5 Å². The standard InChI is InChI=1S/C16H14FN5OS/c1-9(13-7-22-16(21-13)24-8-19-22)18-6-10-5-14(23)11-3-2-4-12(17)15(11)20-10/h2-5,7-9,18H,6H2,1H3,(H,20,23). The van der Waals surface area contributed by atoms with Crippen molar-refractivity contribution in [3.63, 3.8) is 0 Å². The summed E-state index contributed by atoms with van der Waals surface area (Å²) >= 11 is 1.47. The Kier molecular flexibility index (Phi) is 3.62. The minimum atomic E-state index is -0.431. The van der Waals surface area contributed by atoms with Crippen LogP contribution in [-0.4, -0.2) is 19.6 Å². The maximum atomic E-state index is 13.9. The second kappa shape index (κ2) is 5.81. The maximum absolute atomic E-state index is 13.9. The molecule has 1 aromatic carbocycles. The lowest BCUT2D eigenvalue weighted by Gasteiger charge is -2.12. The van der Waals surface area contributed by atoms with Crippen molar-refractivity contribution in [1.29, 1.82) is 0 Å². The van der Waals surface area contributed by atoms with Gasteiger partial charge in [0.1, 0.15) is 11.3 Å². The molecule has 0 saturated carbocycles. The van der Waals surface area contributed by atoms with Crippen molar-refractivity contribution in [2.75, 3.05) is 0 Å². The van der Waals surface area contributed by atoms with Gasteiger partial charge < -0.3 is 10.3 Å². The number of nitrogens with zero attached hydrogens (tertiary/aromatic N) is 3. The van der Waals surface area contributed by atoms with Gasteiger partial charge in [-0.05, 0) is 19.1 Å². The summed E-state index contributed by atoms with van der Waals surface area (Å²) in [5.74, 6) is -0.431. The Morgan fingerprint density at radius 2 is 2.33 bits per heavy atom. The molecule has 4 aromatic rings. The van der Waals surface area contributed by atoms with Gasteiger partial charge in [-0.25, -0.2) is 13.9 Å². The van der Waals surface area contributed by atoms with E-state index in [1.807, 2.05) is 13.1 Å². The van der Waals surface area contributed by atoms with Gasteiger partial charge in [-0.1, -0.05) is 17.4 Å². The number of aromatic amines is 1. The van der Waals surface area contributed by atoms with Gasteiger partial charge in [-0.2, -0.15) is 5.10 Å². The van der Waals surface area contributed by atoms with E-state index < -0.39 is 5.82 Å². The minimum absolute atomic E-state index is 0.0290. The highest BCUT2D eigenvalue weighted by molar-refractivity contribution is 7.14. The number of fused-ring (bicyclic) bond motifs is 2. The number of para-hydroxylation sites is 1. The van der Waals surface area contributed by atoms with Crippen molar-refractivity contribution in [2.45, 2.75) is 19.5 Å². The molecule has 1 unspecified atom stereocenters. The predicted octanol–water partition coefficient (Wildman–Crippen LogP) is 2.62. The average Bonchev–Trinajstić information content (AvgIpc) is 3.15. The molecular formula is C16H14FN5OS. The van der Waals surface area contributed by atoms with Crippen molar-refractivity contribution in [1.82, 2.24) is 24.9 Å². The summed E-state index contributed by atoms with van der Waals surface area (Å²) in [7, 11) is 0. The van der Waals surface area contributed by atoms with E-state index in [-0.39, 0.29) is 17.0 Å². The van der Waals surface area contributed by atoms with Crippen molar-refractivity contribution in [3.05, 3.63) is 63.4 Å². The van der Waals surface area contributed by atoms with Crippen LogP contribution in [0, 0.1) is 5.82 Å². The molecule has 0 spiro atoms. The van der Waals surface area contributed by atoms with Crippen LogP contribution < -0.4 is 10.7 Å². The first-order valence-electron chi connectivity index (χ1n) is 7.44. The number of hydrogen-bond acceptors (Lipinski definition) is 5. The molecule has 0 amide bonds. The van der Waals surface area contributed by atoms with Gasteiger partial charge in [-0.3, -0.25) is 4.79 Å². The zero-order valence-electron chi connectivity index (χ0n) is 12.8. The third-order valence-electron chi connectivity index (χ3n) is 3.92. The fourth-order valence-electron chi connectivity index (χ4n) is 2.62. The Morgan fingerprint density at radius 1 is 1.46 bits per heavy atom. The van der Waals surface area contributed by atoms with Crippen LogP contribution in [0.1, 0.15) is 24.4 Å². The summed E-state index contributed by atoms with van der Waals surface area (Å²) in [5.41, 5.74) is 3.27. The van der Waals surface area contributed by atoms with Crippen LogP contribution in [0.2, 0.25) is 0 Å². The minimum Gasteiger partial charge on any atom is -0.355 e. The van der Waals surface area contributed by atoms with E-state index in [0.29, 0.717) is 17.6 Å². The number of imidazole rings is 1. The van der Waals surface area contributed by atoms with Gasteiger partial charge in [-0.15, -0.1) is 0 Å². The SMILES string of the molecule is CC(NCc1cc(=O)c2cccc(F)c2[nH]1)c1cn2ncsc2n1. The van der Waals surface area contributed by atoms with Gasteiger partial charge in [0.25, 0.3) is 0 Å². The van der Waals surface area contributed by atoms with Crippen molar-refractivity contribution >= 4 is 27.2 Å². The molecule has 6 nitrogen and oxygen atoms in total. The normalized spacial score (nSPS) is 12.9. The molecule has 0 saturated heterocycles. The molecule has 122 valence electrons. The second-order valence-corrected chi connectivity index (χ2v) is 6.37. The number of benzene rings is 1. The van der Waals surface area contributed by atoms with E-state index >= 15 is 0 Å². The molecule has 4 rings (SSSR count). The summed E-state index contributed by atoms with van der Waals surface area (Å²) in [4.78, 5) is 20.4. The number of nitrogens with one attached hydrogen (secondary N) is 2. The first kappa shape index (κ1) is 15.0. The predicted molar refractivity (Wildman–Crippen MR) is 90.6 cm³/mol. The molecule has 8 heteroatoms. The molecule has 2 N–H and O–H groups in total. The lowest BCUT2D eigenvalue weighted by Crippen LogP contribution is -2.20. The van der Waals surface area contributed by atoms with E-state index in [0.717, 1.165) is 10.7 Å². The third-order valence-corrected chi connectivity index (χ3v) is 4.61. The average molecular weight is 343 g/mol. The number of aromatic nitrogens is 4. The zero-order valence-corrected chi connectivity index (χ0v) is 13.6. The monoisotopic (exact) mass is 343 g/mol. The van der Waals surface area contributed by atoms with E-state index in [4.69, 9.17) is 0 Å². The van der Waals surface area contributed by atoms with E-state index in [9.17, 15) is 9.18 Å². The summed E-state index contributed by atoms with van der Waals surface area (Å²) in [5, 5.41) is 7.79. The van der Waals surface area contributed by atoms with E-state index in [2.05, 4.69) is 20.4 Å². The lowest BCUT2D eigenvalue weighted by molar-refractivity contribution is 0.557. The molecule has 0 fully saturated rings. The molecule has 1 atom stereocenters. The van der Waals surface area contributed by atoms with Crippen LogP contribution in [0.4, 0.5) is 4.39 Å². The molecule has 0 aliphatic rings. The molecular weight excluding hydrogens is 329 g/mol. The molecule has 0 bridgehead atoms. The Morgan fingerprint density at radius 3 is 3.17 bits per heavy atom. The van der Waals surface area contributed by atoms with Crippen molar-refractivity contribution < 1.29 is 4.39 Å². The van der Waals surface area contributed by atoms with Crippen molar-refractivity contribution in [2.24, 2.45) is 0 Å². The Bertz CT molecular complexity index is 1050. The molecule has 3 heterocycles. The first-order chi connectivity index (χ1) is 11.6. The van der Waals surface area contributed by atoms with Crippen LogP contribution >= 0.6 is 11.3 Å². The van der Waals surface area contributed by atoms with Crippen LogP contribution in [0.5, 0.6) is 0 Å². The van der Waals surface area contributed by atoms with Gasteiger partial charge in [0.05, 0.1) is 17.4 Å². The fraction of sp³-hybridized carbons (Fsp3) is 0.188. The lowest BCUT2D eigenvalue weighted by atomic mass is 10.2. The quantitative estimate of drug-likeness (QED) is 0.597. The molecule has 24 heavy (non-hydrogen) atoms. The summed E-state index contributed by atoms with van der Waals surface area (Å²) < 4.78 is 15.6. The number of halogens is 1. The number of rotatable bonds is 4. The van der Waals surface area contributed by atoms with Crippen LogP contribution in [0.25, 0.3) is 15.9 Å². The number of pyridine rings is 1. The third kappa shape index (κ3) is 2.59. The van der Waals surface area contributed by atoms with E-state index in [1.54, 1.807) is 16.1 Å². The summed E-state index contributed by atoms with van der Waals surface area (Å²) in [6.07, 6.45) is 1.87. The topological polar surface area (TPSA) is 75.1 Å². The van der Waals surface area contributed by atoms with Gasteiger partial charge >= 0.3 is 0 Å². The Labute approximate surface area is 140 Å². The highest BCUT2D eigenvalue weighted by atomic mass is 32.1. The zero-order chi connectivity index (χ0) is 16.7. The van der Waals surface area contributed by atoms with Crippen molar-refractivity contribution in [3.8, 4) is 0 Å². The Balaban J connectivity index is 1.57. The maximum Gasteiger partial charge on any atom is 0.212 e. The van der Waals surface area contributed by atoms with Crippen LogP contribution in [0.15, 0.2) is 40.8 Å². The molecule has 3 aromatic heterocycles. The molecule has 0 aliphatic heterocycles. The summed E-state index contributed by atoms with van der Waals surface area (Å²) in [6.45, 7) is 2.38. The first-order valence-corrected chi connectivity index (χ1v) is 8.32. The van der Waals surface area contributed by atoms with Crippen LogP contribution in [0.3, 0.4) is 0 Å². The number of H-pyrrole nitrogens is 1. The van der Waals surface area contributed by atoms with Gasteiger partial charge in [0.2, 0.25) is 4.96 Å². The van der Waals surface area contributed by atoms with Gasteiger partial charge in [0, 0.05) is 29.7 Å². The summed E-state index contributed by atoms with van der Waals surface area (Å²) in [6, 6.07) is 5.95. The highest BCUT2D eigenvalue weighted by Gasteiger charge is 2.12. The van der Waals surface area contributed by atoms with Gasteiger partial charge in [0.15, 0.2) is 5.43 Å². The van der Waals surface area contributed by atoms with Crippen LogP contribution in [-0.2, 0) is 6.54 Å². The second-order valence-electron chi connectivity index (χ2n) is 5.56. The largest absolute Gasteiger partial charge is 0.355 e. The molecule has 0 aliphatic carbocycles.